The molecule has 24 heteroatoms. The molecule has 8 rings (SSSR count). The number of nitrogen functional groups attached to an aromatic ring is 1. The average molecular weight is 1310 g/mol. The van der Waals surface area contributed by atoms with E-state index in [2.05, 4.69) is 83.5 Å². The maximum absolute atomic E-state index is 12.5. The topological polar surface area (TPSA) is 330 Å². The van der Waals surface area contributed by atoms with Crippen LogP contribution in [0.4, 0.5) is 11.8 Å². The van der Waals surface area contributed by atoms with Crippen LogP contribution in [0.25, 0.3) is 11.2 Å². The van der Waals surface area contributed by atoms with Gasteiger partial charge in [0.05, 0.1) is 43.8 Å². The van der Waals surface area contributed by atoms with Crippen LogP contribution in [0.1, 0.15) is 88.2 Å². The van der Waals surface area contributed by atoms with E-state index >= 15 is 0 Å². The first kappa shape index (κ1) is 82.8. The second-order valence-corrected chi connectivity index (χ2v) is 18.0. The molecule has 0 aliphatic carbocycles. The van der Waals surface area contributed by atoms with Gasteiger partial charge in [-0.15, -0.1) is 13.2 Å². The molecule has 1 aliphatic heterocycles. The number of aliphatic hydroxyl groups excluding tert-OH is 1. The molecule has 5 N–H and O–H groups in total. The van der Waals surface area contributed by atoms with Crippen molar-refractivity contribution in [3.05, 3.63) is 237 Å². The fraction of sp³-hybridized carbons (Fsp3) is 0.270. The molecule has 4 bridgehead atoms. The predicted octanol–water partition coefficient (Wildman–Crippen LogP) is 4.17. The number of benzene rings is 5. The number of aromatic amines is 1. The third-order valence-corrected chi connectivity index (χ3v) is 11.9. The van der Waals surface area contributed by atoms with E-state index in [1.165, 1.54) is 5.56 Å². The van der Waals surface area contributed by atoms with Crippen LogP contribution in [-0.2, 0) is 41.7 Å². The number of alkyl halides is 1. The van der Waals surface area contributed by atoms with Crippen molar-refractivity contribution in [2.24, 2.45) is 9.98 Å². The number of carbonyl (C=O) groups excluding carboxylic acids is 3. The van der Waals surface area contributed by atoms with Gasteiger partial charge in [0.2, 0.25) is 5.95 Å². The maximum atomic E-state index is 12.5. The first-order valence-corrected chi connectivity index (χ1v) is 27.5. The molecule has 0 spiro atoms. The number of nitrogens with zero attached hydrogens (tertiary/aromatic N) is 7. The van der Waals surface area contributed by atoms with Crippen LogP contribution >= 0.6 is 15.9 Å². The van der Waals surface area contributed by atoms with Crippen molar-refractivity contribution < 1.29 is 143 Å². The zero-order valence-electron chi connectivity index (χ0n) is 49.9. The number of esters is 2. The smallest absolute Gasteiger partial charge is 1.00 e. The number of H-pyrrole nitrogens is 1. The number of aliphatic imine (C=N–C) groups is 2. The summed E-state index contributed by atoms with van der Waals surface area (Å²) in [5.74, 6) is -0.0898. The summed E-state index contributed by atoms with van der Waals surface area (Å²) in [6, 6.07) is 46.9. The van der Waals surface area contributed by atoms with E-state index in [0.717, 1.165) is 70.3 Å². The van der Waals surface area contributed by atoms with E-state index in [1.54, 1.807) is 17.6 Å². The van der Waals surface area contributed by atoms with Crippen molar-refractivity contribution in [2.75, 3.05) is 42.7 Å². The maximum Gasteiger partial charge on any atom is 1.00 e. The molecule has 0 amide bonds. The third kappa shape index (κ3) is 31.5. The van der Waals surface area contributed by atoms with Crippen LogP contribution in [0.15, 0.2) is 198 Å². The summed E-state index contributed by atoms with van der Waals surface area (Å²) in [6.45, 7) is 11.8. The number of rotatable bonds is 17. The van der Waals surface area contributed by atoms with E-state index in [1.807, 2.05) is 146 Å². The number of hydrogen-bond donors (Lipinski definition) is 4. The fourth-order valence-electron chi connectivity index (χ4n) is 7.71. The van der Waals surface area contributed by atoms with E-state index < -0.39 is 6.04 Å². The molecule has 2 aromatic heterocycles. The predicted molar refractivity (Wildman–Crippen MR) is 337 cm³/mol. The summed E-state index contributed by atoms with van der Waals surface area (Å²) in [5, 5.41) is 34.2. The van der Waals surface area contributed by atoms with Gasteiger partial charge in [-0.25, -0.2) is 9.59 Å². The van der Waals surface area contributed by atoms with E-state index in [9.17, 15) is 19.5 Å². The number of aromatic nitrogens is 4. The molecule has 21 nitrogen and oxygen atoms in total. The molecular formula is C63H75BrK2N10O11. The summed E-state index contributed by atoms with van der Waals surface area (Å²) in [6.07, 6.45) is 12.7. The number of allylic oxidation sites excluding steroid dienone is 4. The van der Waals surface area contributed by atoms with E-state index in [4.69, 9.17) is 51.0 Å². The molecule has 2 unspecified atom stereocenters. The Balaban J connectivity index is -0.00000110. The standard InChI is InChI=1S/C21H23NO2.C19H22N6O2.C17H17NO2.C4H7Br.CH2O3.CH4.2K.N2.O2.H/c1-3-5-16-19(21(23)24-4-2)22-20(17-12-8-6-9-13-17)18-14-10-7-11-15-18;20-16-15-17-24-18(23-16)21-14(11-26)8-3-1-2-5-12-6-4-7-13(9-12)10-25(17)19(27)22-15;1-2-20-16(19)13-18-17(14-9-5-3-6-10-14)15-11-7-4-8-12-15;1-2-3-4-5;2-1-4-3;;;;2*1-2;/h3,6-15,19H,1,4-5,16H2,2H3;1-2,4,6-7,9,14,26H,3,5,8,10-11H2,(H,22,27)(H3,20,21,23,24);3-12H,2,13H2,1H3;2H,1,3-4H2;1,3H;1H4;;;;;/q;;;;;;2*+1;;;-1/p-1/b;2-1+;;;;;;;;;. The summed E-state index contributed by atoms with van der Waals surface area (Å²) in [4.78, 5) is 82.1. The van der Waals surface area contributed by atoms with Crippen molar-refractivity contribution in [1.29, 1.82) is 10.8 Å². The van der Waals surface area contributed by atoms with E-state index in [-0.39, 0.29) is 161 Å². The normalized spacial score (nSPS) is 11.9. The zero-order valence-corrected chi connectivity index (χ0v) is 56.7. The minimum Gasteiger partial charge on any atom is -1.00 e. The molecule has 1 aliphatic rings. The Morgan fingerprint density at radius 2 is 1.32 bits per heavy atom. The molecule has 0 saturated carbocycles. The van der Waals surface area contributed by atoms with Gasteiger partial charge in [-0.1, -0.05) is 193 Å². The number of fused-ring (bicyclic) bond motifs is 3. The number of halogens is 1. The molecule has 3 heterocycles. The molecule has 0 fully saturated rings. The van der Waals surface area contributed by atoms with Crippen LogP contribution in [-0.4, -0.2) is 98.2 Å². The van der Waals surface area contributed by atoms with E-state index in [0.29, 0.717) is 49.7 Å². The van der Waals surface area contributed by atoms with Gasteiger partial charge in [-0.3, -0.25) is 24.1 Å². The second kappa shape index (κ2) is 51.7. The summed E-state index contributed by atoms with van der Waals surface area (Å²) < 4.78 is 11.7. The van der Waals surface area contributed by atoms with Crippen molar-refractivity contribution in [2.45, 2.75) is 78.4 Å². The number of imidazole rings is 1. The number of nitrogens with one attached hydrogen (secondary N) is 2. The minimum absolute atomic E-state index is 0. The SMILES string of the molecule is C.C=CCCBr.C=CCCC(N=C(c1ccccc1)c1ccccc1)C(=O)OCC.CCOC(=O)CN=C(c1ccccc1)c1ccccc1.N#N.Nc1nc2nc3c1[nH]c(=O)n3Cc1cccc(c1)C/C=C/CCC(CO)N2.O=CO[O-].O=O.[H-].[K+].[K+]. The van der Waals surface area contributed by atoms with Gasteiger partial charge in [-0.2, -0.15) is 9.97 Å². The molecule has 5 aromatic carbocycles. The second-order valence-electron chi connectivity index (χ2n) is 17.2. The number of hydrogen-bond acceptors (Lipinski definition) is 19. The van der Waals surface area contributed by atoms with Gasteiger partial charge in [-0.05, 0) is 63.5 Å². The number of nitrogens with two attached hydrogens (primary N) is 1. The molecule has 7 aromatic rings. The number of aliphatic hydroxyl groups is 1. The number of ether oxygens (including phenoxy) is 2. The molecule has 0 radical (unpaired) electrons. The minimum atomic E-state index is -0.529. The van der Waals surface area contributed by atoms with Crippen molar-refractivity contribution in [3.63, 3.8) is 0 Å². The van der Waals surface area contributed by atoms with Crippen LogP contribution in [0.2, 0.25) is 0 Å². The Morgan fingerprint density at radius 3 is 1.78 bits per heavy atom. The monoisotopic (exact) mass is 1300 g/mol. The molecule has 87 heavy (non-hydrogen) atoms. The van der Waals surface area contributed by atoms with Crippen molar-refractivity contribution in [3.8, 4) is 0 Å². The van der Waals surface area contributed by atoms with Crippen LogP contribution in [0, 0.1) is 20.7 Å². The molecule has 452 valence electrons. The first-order valence-electron chi connectivity index (χ1n) is 26.4. The Labute approximate surface area is 603 Å². The Hall–Kier alpha value is -6.29. The molecule has 0 saturated heterocycles. The van der Waals surface area contributed by atoms with Crippen molar-refractivity contribution in [1.82, 2.24) is 19.5 Å². The van der Waals surface area contributed by atoms with Gasteiger partial charge >= 0.3 is 120 Å². The number of carbonyl (C=O) groups is 3. The first-order chi connectivity index (χ1) is 41.0. The van der Waals surface area contributed by atoms with Gasteiger partial charge in [0.25, 0.3) is 6.47 Å². The quantitative estimate of drug-likeness (QED) is 0.0114. The number of anilines is 2. The van der Waals surface area contributed by atoms with Gasteiger partial charge in [0.1, 0.15) is 18.1 Å². The van der Waals surface area contributed by atoms with Gasteiger partial charge < -0.3 is 42.2 Å². The van der Waals surface area contributed by atoms with Gasteiger partial charge in [0.15, 0.2) is 11.5 Å². The summed E-state index contributed by atoms with van der Waals surface area (Å²) in [5.41, 5.74) is 14.4. The van der Waals surface area contributed by atoms with Crippen LogP contribution < -0.4 is 125 Å². The summed E-state index contributed by atoms with van der Waals surface area (Å²) in [7, 11) is 0. The Morgan fingerprint density at radius 1 is 0.816 bits per heavy atom. The molecular weight excluding hydrogens is 1230 g/mol. The van der Waals surface area contributed by atoms with Crippen LogP contribution in [0.5, 0.6) is 0 Å². The summed E-state index contributed by atoms with van der Waals surface area (Å²) >= 11 is 3.24. The van der Waals surface area contributed by atoms with Crippen molar-refractivity contribution >= 4 is 68.7 Å². The zero-order chi connectivity index (χ0) is 61.7. The average Bonchev–Trinajstić information content (AvgIpc) is 2.01. The Kier molecular flexibility index (Phi) is 49.2. The van der Waals surface area contributed by atoms with Gasteiger partial charge in [0, 0.05) is 48.3 Å². The Bertz CT molecular complexity index is 3140. The van der Waals surface area contributed by atoms with Crippen LogP contribution in [0.3, 0.4) is 0 Å². The third-order valence-electron chi connectivity index (χ3n) is 11.4. The fourth-order valence-corrected chi connectivity index (χ4v) is 8.03. The molecule has 2 atom stereocenters. The largest absolute Gasteiger partial charge is 1.00 e.